The standard InChI is InChI=1S/C6H6.C2H4.5ClH/c1-2-4-6-5-3-1;1-2;;;;;/h1-6H;1-2H2;5*1H. The highest BCUT2D eigenvalue weighted by Crippen LogP contribution is 1.79. The van der Waals surface area contributed by atoms with Gasteiger partial charge in [0.2, 0.25) is 0 Å². The molecule has 13 heavy (non-hydrogen) atoms. The number of hydrogen-bond acceptors (Lipinski definition) is 0. The van der Waals surface area contributed by atoms with Gasteiger partial charge in [0.05, 0.1) is 0 Å². The maximum absolute atomic E-state index is 3.00. The molecule has 1 aromatic rings. The number of benzene rings is 1. The van der Waals surface area contributed by atoms with Crippen LogP contribution in [0.1, 0.15) is 0 Å². The Hall–Kier alpha value is 0.410. The Kier molecular flexibility index (Phi) is 114. The zero-order chi connectivity index (χ0) is 6.24. The van der Waals surface area contributed by atoms with Gasteiger partial charge >= 0.3 is 0 Å². The fourth-order valence-electron chi connectivity index (χ4n) is 0.385. The van der Waals surface area contributed by atoms with Gasteiger partial charge in [-0.2, -0.15) is 0 Å². The Bertz CT molecular complexity index is 95.4. The lowest BCUT2D eigenvalue weighted by Gasteiger charge is -1.69. The van der Waals surface area contributed by atoms with Crippen LogP contribution in [-0.4, -0.2) is 0 Å². The van der Waals surface area contributed by atoms with Crippen molar-refractivity contribution in [1.82, 2.24) is 0 Å². The quantitative estimate of drug-likeness (QED) is 0.612. The lowest BCUT2D eigenvalue weighted by molar-refractivity contribution is 1.72. The van der Waals surface area contributed by atoms with Crippen LogP contribution in [0, 0.1) is 0 Å². The van der Waals surface area contributed by atoms with Gasteiger partial charge in [0.15, 0.2) is 0 Å². The van der Waals surface area contributed by atoms with Crippen LogP contribution >= 0.6 is 62.0 Å². The first kappa shape index (κ1) is 37.6. The molecule has 0 atom stereocenters. The maximum atomic E-state index is 3.00. The van der Waals surface area contributed by atoms with E-state index in [9.17, 15) is 0 Å². The molecule has 0 aliphatic heterocycles. The van der Waals surface area contributed by atoms with Crippen molar-refractivity contribution in [3.63, 3.8) is 0 Å². The van der Waals surface area contributed by atoms with Gasteiger partial charge in [-0.25, -0.2) is 0 Å². The van der Waals surface area contributed by atoms with E-state index >= 15 is 0 Å². The summed E-state index contributed by atoms with van der Waals surface area (Å²) in [6.45, 7) is 6.00. The van der Waals surface area contributed by atoms with Gasteiger partial charge in [-0.05, 0) is 0 Å². The van der Waals surface area contributed by atoms with Gasteiger partial charge in [-0.3, -0.25) is 0 Å². The van der Waals surface area contributed by atoms with Crippen molar-refractivity contribution >= 4 is 62.0 Å². The van der Waals surface area contributed by atoms with Gasteiger partial charge in [0.25, 0.3) is 0 Å². The minimum Gasteiger partial charge on any atom is -0.147 e. The van der Waals surface area contributed by atoms with E-state index in [1.807, 2.05) is 36.4 Å². The molecule has 0 spiro atoms. The van der Waals surface area contributed by atoms with Gasteiger partial charge in [-0.1, -0.05) is 36.4 Å². The summed E-state index contributed by atoms with van der Waals surface area (Å²) in [6, 6.07) is 12.0. The average molecular weight is 288 g/mol. The summed E-state index contributed by atoms with van der Waals surface area (Å²) in [6.07, 6.45) is 0. The van der Waals surface area contributed by atoms with Crippen molar-refractivity contribution in [1.29, 1.82) is 0 Å². The molecule has 5 heteroatoms. The second-order valence-electron chi connectivity index (χ2n) is 1.15. The highest BCUT2D eigenvalue weighted by atomic mass is 35.5. The summed E-state index contributed by atoms with van der Waals surface area (Å²) >= 11 is 0. The third-order valence-electron chi connectivity index (χ3n) is 0.667. The summed E-state index contributed by atoms with van der Waals surface area (Å²) in [5.74, 6) is 0. The first-order valence-electron chi connectivity index (χ1n) is 2.50. The molecule has 0 bridgehead atoms. The first-order chi connectivity index (χ1) is 4.00. The monoisotopic (exact) mass is 286 g/mol. The zero-order valence-corrected chi connectivity index (χ0v) is 11.0. The Morgan fingerprint density at radius 2 is 0.462 bits per heavy atom. The summed E-state index contributed by atoms with van der Waals surface area (Å²) in [5, 5.41) is 0. The van der Waals surface area contributed by atoms with Crippen LogP contribution in [-0.2, 0) is 0 Å². The predicted molar refractivity (Wildman–Crippen MR) is 73.9 cm³/mol. The molecule has 0 N–H and O–H groups in total. The van der Waals surface area contributed by atoms with E-state index in [1.54, 1.807) is 0 Å². The largest absolute Gasteiger partial charge is 0.147 e. The molecule has 0 aliphatic rings. The van der Waals surface area contributed by atoms with Crippen molar-refractivity contribution < 1.29 is 0 Å². The molecule has 0 aromatic heterocycles. The average Bonchev–Trinajstić information content (AvgIpc) is 1.96. The minimum atomic E-state index is 0. The van der Waals surface area contributed by atoms with Crippen LogP contribution in [0.2, 0.25) is 0 Å². The highest BCUT2D eigenvalue weighted by Gasteiger charge is 1.57. The lowest BCUT2D eigenvalue weighted by atomic mass is 10.4. The van der Waals surface area contributed by atoms with Gasteiger partial charge in [0.1, 0.15) is 0 Å². The maximum Gasteiger partial charge on any atom is -0.0623 e. The fraction of sp³-hybridized carbons (Fsp3) is 0. The SMILES string of the molecule is C=C.Cl.Cl.Cl.Cl.Cl.c1ccccc1. The van der Waals surface area contributed by atoms with Crippen molar-refractivity contribution in [2.24, 2.45) is 0 Å². The van der Waals surface area contributed by atoms with Crippen molar-refractivity contribution in [2.45, 2.75) is 0 Å². The zero-order valence-electron chi connectivity index (χ0n) is 6.92. The van der Waals surface area contributed by atoms with Crippen molar-refractivity contribution in [3.05, 3.63) is 49.6 Å². The summed E-state index contributed by atoms with van der Waals surface area (Å²) in [4.78, 5) is 0. The van der Waals surface area contributed by atoms with Crippen LogP contribution in [0.25, 0.3) is 0 Å². The predicted octanol–water partition coefficient (Wildman–Crippen LogP) is 4.60. The molecule has 0 aliphatic carbocycles. The fourth-order valence-corrected chi connectivity index (χ4v) is 0.385. The third-order valence-corrected chi connectivity index (χ3v) is 0.667. The van der Waals surface area contributed by atoms with Gasteiger partial charge < -0.3 is 0 Å². The van der Waals surface area contributed by atoms with Crippen LogP contribution < -0.4 is 0 Å². The van der Waals surface area contributed by atoms with Crippen LogP contribution in [0.3, 0.4) is 0 Å². The Morgan fingerprint density at radius 1 is 0.385 bits per heavy atom. The molecule has 82 valence electrons. The van der Waals surface area contributed by atoms with E-state index in [2.05, 4.69) is 13.2 Å². The van der Waals surface area contributed by atoms with E-state index in [0.717, 1.165) is 0 Å². The smallest absolute Gasteiger partial charge is 0.0623 e. The molecule has 0 unspecified atom stereocenters. The Morgan fingerprint density at radius 3 is 0.538 bits per heavy atom. The molecule has 0 amide bonds. The molecule has 0 fully saturated rings. The summed E-state index contributed by atoms with van der Waals surface area (Å²) in [7, 11) is 0. The van der Waals surface area contributed by atoms with E-state index < -0.39 is 0 Å². The van der Waals surface area contributed by atoms with Crippen LogP contribution in [0.5, 0.6) is 0 Å². The summed E-state index contributed by atoms with van der Waals surface area (Å²) in [5.41, 5.74) is 0. The lowest BCUT2D eigenvalue weighted by Crippen LogP contribution is -1.47. The topological polar surface area (TPSA) is 0 Å². The Labute approximate surface area is 111 Å². The Balaban J connectivity index is -0.0000000166. The van der Waals surface area contributed by atoms with E-state index in [4.69, 9.17) is 0 Å². The summed E-state index contributed by atoms with van der Waals surface area (Å²) < 4.78 is 0. The molecule has 0 heterocycles. The molecule has 0 saturated carbocycles. The highest BCUT2D eigenvalue weighted by molar-refractivity contribution is 5.86. The third kappa shape index (κ3) is 32.7. The van der Waals surface area contributed by atoms with E-state index in [0.29, 0.717) is 0 Å². The van der Waals surface area contributed by atoms with Gasteiger partial charge in [0, 0.05) is 0 Å². The number of rotatable bonds is 0. The minimum absolute atomic E-state index is 0. The van der Waals surface area contributed by atoms with Crippen LogP contribution in [0.15, 0.2) is 49.6 Å². The van der Waals surface area contributed by atoms with E-state index in [-0.39, 0.29) is 62.0 Å². The molecule has 0 saturated heterocycles. The van der Waals surface area contributed by atoms with Crippen molar-refractivity contribution in [2.75, 3.05) is 0 Å². The normalized spacial score (nSPS) is 4.00. The molecular formula is C8H15Cl5. The van der Waals surface area contributed by atoms with Crippen LogP contribution in [0.4, 0.5) is 0 Å². The van der Waals surface area contributed by atoms with Gasteiger partial charge in [-0.15, -0.1) is 75.2 Å². The second kappa shape index (κ2) is 39.3. The molecule has 0 radical (unpaired) electrons. The van der Waals surface area contributed by atoms with Crippen molar-refractivity contribution in [3.8, 4) is 0 Å². The number of halogens is 5. The second-order valence-corrected chi connectivity index (χ2v) is 1.15. The molecule has 0 nitrogen and oxygen atoms in total. The first-order valence-corrected chi connectivity index (χ1v) is 2.50. The van der Waals surface area contributed by atoms with E-state index in [1.165, 1.54) is 0 Å². The molecule has 1 aromatic carbocycles. The number of hydrogen-bond donors (Lipinski definition) is 0. The molecular weight excluding hydrogens is 273 g/mol. The molecule has 1 rings (SSSR count).